The Balaban J connectivity index is 2.48. The van der Waals surface area contributed by atoms with E-state index in [1.807, 2.05) is 0 Å². The van der Waals surface area contributed by atoms with Crippen molar-refractivity contribution in [1.82, 2.24) is 0 Å². The van der Waals surface area contributed by atoms with E-state index in [0.29, 0.717) is 0 Å². The van der Waals surface area contributed by atoms with Gasteiger partial charge in [-0.25, -0.2) is 0 Å². The zero-order chi connectivity index (χ0) is 7.61. The standard InChI is InChI=1S/C7H13O2P/c1-2-6-10(8,9)7-4-3-5-7/h2,7H,1,3-6H2,(H,8,9). The van der Waals surface area contributed by atoms with Crippen molar-refractivity contribution >= 4 is 7.37 Å². The van der Waals surface area contributed by atoms with Gasteiger partial charge in [0.1, 0.15) is 0 Å². The Bertz CT molecular complexity index is 172. The van der Waals surface area contributed by atoms with Gasteiger partial charge in [0.05, 0.1) is 0 Å². The molecule has 0 heterocycles. The van der Waals surface area contributed by atoms with Crippen LogP contribution in [0.25, 0.3) is 0 Å². The number of hydrogen-bond acceptors (Lipinski definition) is 1. The van der Waals surface area contributed by atoms with Crippen LogP contribution in [0.4, 0.5) is 0 Å². The highest BCUT2D eigenvalue weighted by molar-refractivity contribution is 7.59. The minimum Gasteiger partial charge on any atom is -0.344 e. The fourth-order valence-electron chi connectivity index (χ4n) is 1.12. The maximum atomic E-state index is 11.3. The Labute approximate surface area is 61.4 Å². The summed E-state index contributed by atoms with van der Waals surface area (Å²) in [4.78, 5) is 9.32. The Kier molecular flexibility index (Phi) is 2.32. The van der Waals surface area contributed by atoms with Crippen LogP contribution in [0.3, 0.4) is 0 Å². The predicted molar refractivity (Wildman–Crippen MR) is 42.5 cm³/mol. The molecule has 1 unspecified atom stereocenters. The molecular formula is C7H13O2P. The predicted octanol–water partition coefficient (Wildman–Crippen LogP) is 2.00. The summed E-state index contributed by atoms with van der Waals surface area (Å²) in [6, 6.07) is 0. The molecule has 58 valence electrons. The van der Waals surface area contributed by atoms with Crippen molar-refractivity contribution in [3.8, 4) is 0 Å². The van der Waals surface area contributed by atoms with E-state index < -0.39 is 7.37 Å². The number of rotatable bonds is 3. The lowest BCUT2D eigenvalue weighted by molar-refractivity contribution is 0.412. The lowest BCUT2D eigenvalue weighted by atomic mass is 10.00. The summed E-state index contributed by atoms with van der Waals surface area (Å²) < 4.78 is 11.3. The molecule has 0 amide bonds. The van der Waals surface area contributed by atoms with Gasteiger partial charge in [-0.2, -0.15) is 0 Å². The largest absolute Gasteiger partial charge is 0.344 e. The highest BCUT2D eigenvalue weighted by Crippen LogP contribution is 2.54. The third-order valence-corrected chi connectivity index (χ3v) is 4.47. The molecule has 0 aromatic heterocycles. The zero-order valence-corrected chi connectivity index (χ0v) is 6.89. The summed E-state index contributed by atoms with van der Waals surface area (Å²) >= 11 is 0. The summed E-state index contributed by atoms with van der Waals surface area (Å²) in [5.41, 5.74) is 0.0884. The van der Waals surface area contributed by atoms with Crippen LogP contribution in [0.2, 0.25) is 0 Å². The first-order valence-electron chi connectivity index (χ1n) is 3.59. The molecule has 1 atom stereocenters. The Morgan fingerprint density at radius 3 is 2.60 bits per heavy atom. The van der Waals surface area contributed by atoms with Crippen molar-refractivity contribution in [2.75, 3.05) is 6.16 Å². The van der Waals surface area contributed by atoms with E-state index in [9.17, 15) is 9.46 Å². The molecule has 1 aliphatic rings. The van der Waals surface area contributed by atoms with Crippen LogP contribution in [-0.4, -0.2) is 16.7 Å². The number of allylic oxidation sites excluding steroid dienone is 1. The molecule has 1 aliphatic carbocycles. The van der Waals surface area contributed by atoms with E-state index in [-0.39, 0.29) is 11.8 Å². The molecular weight excluding hydrogens is 147 g/mol. The van der Waals surface area contributed by atoms with E-state index in [0.717, 1.165) is 19.3 Å². The second-order valence-corrected chi connectivity index (χ2v) is 5.42. The maximum Gasteiger partial charge on any atom is 0.207 e. The van der Waals surface area contributed by atoms with Gasteiger partial charge in [0.15, 0.2) is 0 Å². The summed E-state index contributed by atoms with van der Waals surface area (Å²) in [7, 11) is -2.81. The Hall–Kier alpha value is -0.0700. The average Bonchev–Trinajstić information content (AvgIpc) is 1.56. The summed E-state index contributed by atoms with van der Waals surface area (Å²) in [5.74, 6) is 0. The molecule has 3 heteroatoms. The van der Waals surface area contributed by atoms with E-state index in [1.54, 1.807) is 6.08 Å². The van der Waals surface area contributed by atoms with Gasteiger partial charge >= 0.3 is 0 Å². The van der Waals surface area contributed by atoms with Gasteiger partial charge in [-0.1, -0.05) is 12.5 Å². The lowest BCUT2D eigenvalue weighted by Gasteiger charge is -2.29. The minimum atomic E-state index is -2.81. The van der Waals surface area contributed by atoms with Crippen molar-refractivity contribution in [2.24, 2.45) is 0 Å². The smallest absolute Gasteiger partial charge is 0.207 e. The van der Waals surface area contributed by atoms with Gasteiger partial charge in [0.2, 0.25) is 7.37 Å². The zero-order valence-electron chi connectivity index (χ0n) is 5.99. The molecule has 2 nitrogen and oxygen atoms in total. The highest BCUT2D eigenvalue weighted by Gasteiger charge is 2.33. The van der Waals surface area contributed by atoms with E-state index in [1.165, 1.54) is 0 Å². The molecule has 10 heavy (non-hydrogen) atoms. The molecule has 0 saturated heterocycles. The Morgan fingerprint density at radius 2 is 2.30 bits per heavy atom. The maximum absolute atomic E-state index is 11.3. The minimum absolute atomic E-state index is 0.0884. The molecule has 1 fully saturated rings. The van der Waals surface area contributed by atoms with Crippen LogP contribution in [0.1, 0.15) is 19.3 Å². The van der Waals surface area contributed by atoms with Crippen LogP contribution in [0.5, 0.6) is 0 Å². The van der Waals surface area contributed by atoms with E-state index >= 15 is 0 Å². The fourth-order valence-corrected chi connectivity index (χ4v) is 2.96. The molecule has 1 N–H and O–H groups in total. The van der Waals surface area contributed by atoms with Crippen molar-refractivity contribution in [3.05, 3.63) is 12.7 Å². The molecule has 0 spiro atoms. The van der Waals surface area contributed by atoms with Crippen molar-refractivity contribution in [2.45, 2.75) is 24.9 Å². The van der Waals surface area contributed by atoms with Gasteiger partial charge in [0.25, 0.3) is 0 Å². The van der Waals surface area contributed by atoms with Crippen molar-refractivity contribution in [3.63, 3.8) is 0 Å². The molecule has 0 radical (unpaired) electrons. The second-order valence-electron chi connectivity index (χ2n) is 2.81. The monoisotopic (exact) mass is 160 g/mol. The van der Waals surface area contributed by atoms with Crippen LogP contribution in [0.15, 0.2) is 12.7 Å². The van der Waals surface area contributed by atoms with Gasteiger partial charge < -0.3 is 4.89 Å². The van der Waals surface area contributed by atoms with Crippen molar-refractivity contribution in [1.29, 1.82) is 0 Å². The van der Waals surface area contributed by atoms with Crippen LogP contribution in [-0.2, 0) is 4.57 Å². The summed E-state index contributed by atoms with van der Waals surface area (Å²) in [6.45, 7) is 3.45. The summed E-state index contributed by atoms with van der Waals surface area (Å²) in [6.07, 6.45) is 4.81. The molecule has 0 aromatic rings. The third-order valence-electron chi connectivity index (χ3n) is 2.04. The van der Waals surface area contributed by atoms with Gasteiger partial charge in [-0.05, 0) is 12.8 Å². The molecule has 1 saturated carbocycles. The van der Waals surface area contributed by atoms with Gasteiger partial charge in [-0.15, -0.1) is 6.58 Å². The van der Waals surface area contributed by atoms with Crippen LogP contribution < -0.4 is 0 Å². The van der Waals surface area contributed by atoms with Gasteiger partial charge in [-0.3, -0.25) is 4.57 Å². The topological polar surface area (TPSA) is 37.3 Å². The molecule has 1 rings (SSSR count). The lowest BCUT2D eigenvalue weighted by Crippen LogP contribution is -2.18. The SMILES string of the molecule is C=CCP(=O)(O)C1CCC1. The third kappa shape index (κ3) is 1.50. The van der Waals surface area contributed by atoms with Crippen LogP contribution >= 0.6 is 7.37 Å². The van der Waals surface area contributed by atoms with Crippen molar-refractivity contribution < 1.29 is 9.46 Å². The fraction of sp³-hybridized carbons (Fsp3) is 0.714. The molecule has 0 aliphatic heterocycles. The summed E-state index contributed by atoms with van der Waals surface area (Å²) in [5, 5.41) is 0. The highest BCUT2D eigenvalue weighted by atomic mass is 31.2. The number of hydrogen-bond donors (Lipinski definition) is 1. The molecule has 0 aromatic carbocycles. The average molecular weight is 160 g/mol. The quantitative estimate of drug-likeness (QED) is 0.506. The first-order chi connectivity index (χ1) is 4.67. The Morgan fingerprint density at radius 1 is 1.70 bits per heavy atom. The normalized spacial score (nSPS) is 24.9. The second kappa shape index (κ2) is 2.89. The van der Waals surface area contributed by atoms with Crippen LogP contribution in [0, 0.1) is 0 Å². The van der Waals surface area contributed by atoms with E-state index in [4.69, 9.17) is 0 Å². The van der Waals surface area contributed by atoms with Gasteiger partial charge in [0, 0.05) is 11.8 Å². The first kappa shape index (κ1) is 8.03. The molecule has 0 bridgehead atoms. The van der Waals surface area contributed by atoms with E-state index in [2.05, 4.69) is 6.58 Å². The first-order valence-corrected chi connectivity index (χ1v) is 5.50.